The summed E-state index contributed by atoms with van der Waals surface area (Å²) in [4.78, 5) is 0. The van der Waals surface area contributed by atoms with Crippen molar-refractivity contribution in [3.63, 3.8) is 0 Å². The van der Waals surface area contributed by atoms with E-state index in [4.69, 9.17) is 4.42 Å². The Labute approximate surface area is 112 Å². The Kier molecular flexibility index (Phi) is 4.22. The third-order valence-corrected chi connectivity index (χ3v) is 3.22. The Morgan fingerprint density at radius 2 is 2.11 bits per heavy atom. The third kappa shape index (κ3) is 3.33. The van der Waals surface area contributed by atoms with Crippen molar-refractivity contribution in [2.75, 3.05) is 13.1 Å². The third-order valence-electron chi connectivity index (χ3n) is 3.22. The highest BCUT2D eigenvalue weighted by atomic mass is 19.1. The molecule has 4 heteroatoms. The van der Waals surface area contributed by atoms with Gasteiger partial charge in [-0.2, -0.15) is 0 Å². The van der Waals surface area contributed by atoms with E-state index in [1.807, 2.05) is 0 Å². The maximum Gasteiger partial charge on any atom is 0.136 e. The number of halogens is 1. The largest absolute Gasteiger partial charge is 0.458 e. The van der Waals surface area contributed by atoms with Crippen molar-refractivity contribution in [1.29, 1.82) is 0 Å². The molecule has 1 heterocycles. The van der Waals surface area contributed by atoms with Crippen molar-refractivity contribution >= 4 is 11.0 Å². The molecule has 19 heavy (non-hydrogen) atoms. The van der Waals surface area contributed by atoms with E-state index in [1.165, 1.54) is 12.1 Å². The summed E-state index contributed by atoms with van der Waals surface area (Å²) in [5.74, 6) is 0.176. The summed E-state index contributed by atoms with van der Waals surface area (Å²) in [5, 5.41) is 14.3. The molecule has 1 aromatic heterocycles. The van der Waals surface area contributed by atoms with Gasteiger partial charge in [0.15, 0.2) is 0 Å². The molecule has 0 aliphatic carbocycles. The maximum absolute atomic E-state index is 13.1. The summed E-state index contributed by atoms with van der Waals surface area (Å²) in [6.45, 7) is 5.46. The zero-order valence-electron chi connectivity index (χ0n) is 11.4. The van der Waals surface area contributed by atoms with Crippen molar-refractivity contribution in [2.45, 2.75) is 32.3 Å². The van der Waals surface area contributed by atoms with E-state index >= 15 is 0 Å². The molecule has 0 spiro atoms. The van der Waals surface area contributed by atoms with Gasteiger partial charge in [-0.3, -0.25) is 0 Å². The number of hydrogen-bond donors (Lipinski definition) is 2. The first kappa shape index (κ1) is 14.0. The standard InChI is InChI=1S/C15H20FNO2/c1-3-7-17-8-6-15(2,18)14-10-11-9-12(16)4-5-13(11)19-14/h4-5,9-10,17-18H,3,6-8H2,1-2H3. The molecule has 2 rings (SSSR count). The van der Waals surface area contributed by atoms with Gasteiger partial charge >= 0.3 is 0 Å². The van der Waals surface area contributed by atoms with Crippen LogP contribution in [0.1, 0.15) is 32.4 Å². The van der Waals surface area contributed by atoms with Gasteiger partial charge in [-0.15, -0.1) is 0 Å². The minimum absolute atomic E-state index is 0.302. The van der Waals surface area contributed by atoms with E-state index in [-0.39, 0.29) is 5.82 Å². The van der Waals surface area contributed by atoms with Crippen LogP contribution in [-0.4, -0.2) is 18.2 Å². The van der Waals surface area contributed by atoms with Gasteiger partial charge in [0.25, 0.3) is 0 Å². The molecule has 0 aliphatic heterocycles. The molecule has 0 saturated heterocycles. The topological polar surface area (TPSA) is 45.4 Å². The van der Waals surface area contributed by atoms with E-state index in [1.54, 1.807) is 19.1 Å². The van der Waals surface area contributed by atoms with Crippen molar-refractivity contribution in [3.8, 4) is 0 Å². The molecule has 0 amide bonds. The zero-order valence-corrected chi connectivity index (χ0v) is 11.4. The first-order valence-corrected chi connectivity index (χ1v) is 6.65. The molecule has 2 N–H and O–H groups in total. The lowest BCUT2D eigenvalue weighted by atomic mass is 9.99. The molecular weight excluding hydrogens is 245 g/mol. The van der Waals surface area contributed by atoms with Crippen LogP contribution in [0.3, 0.4) is 0 Å². The van der Waals surface area contributed by atoms with Gasteiger partial charge in [0, 0.05) is 5.39 Å². The number of aliphatic hydroxyl groups is 1. The van der Waals surface area contributed by atoms with Crippen molar-refractivity contribution < 1.29 is 13.9 Å². The van der Waals surface area contributed by atoms with Crippen LogP contribution in [0.4, 0.5) is 4.39 Å². The van der Waals surface area contributed by atoms with Crippen molar-refractivity contribution in [3.05, 3.63) is 35.8 Å². The smallest absolute Gasteiger partial charge is 0.136 e. The fraction of sp³-hybridized carbons (Fsp3) is 0.467. The van der Waals surface area contributed by atoms with Gasteiger partial charge in [0.05, 0.1) is 0 Å². The summed E-state index contributed by atoms with van der Waals surface area (Å²) in [5.41, 5.74) is -0.450. The monoisotopic (exact) mass is 265 g/mol. The lowest BCUT2D eigenvalue weighted by Crippen LogP contribution is -2.27. The molecule has 1 unspecified atom stereocenters. The van der Waals surface area contributed by atoms with Crippen molar-refractivity contribution in [1.82, 2.24) is 5.32 Å². The van der Waals surface area contributed by atoms with Crippen LogP contribution >= 0.6 is 0 Å². The van der Waals surface area contributed by atoms with Crippen LogP contribution in [0.15, 0.2) is 28.7 Å². The molecule has 0 saturated carbocycles. The van der Waals surface area contributed by atoms with Crippen LogP contribution in [0.2, 0.25) is 0 Å². The van der Waals surface area contributed by atoms with Gasteiger partial charge in [-0.1, -0.05) is 6.92 Å². The Morgan fingerprint density at radius 1 is 1.32 bits per heavy atom. The van der Waals surface area contributed by atoms with Crippen LogP contribution < -0.4 is 5.32 Å². The Bertz CT molecular complexity index is 548. The maximum atomic E-state index is 13.1. The molecule has 0 radical (unpaired) electrons. The van der Waals surface area contributed by atoms with E-state index in [2.05, 4.69) is 12.2 Å². The second kappa shape index (κ2) is 5.72. The average Bonchev–Trinajstić information content (AvgIpc) is 2.78. The fourth-order valence-corrected chi connectivity index (χ4v) is 2.04. The molecule has 3 nitrogen and oxygen atoms in total. The minimum Gasteiger partial charge on any atom is -0.458 e. The molecule has 104 valence electrons. The molecule has 0 bridgehead atoms. The lowest BCUT2D eigenvalue weighted by molar-refractivity contribution is 0.0272. The second-order valence-electron chi connectivity index (χ2n) is 5.07. The molecule has 0 fully saturated rings. The van der Waals surface area contributed by atoms with Gasteiger partial charge in [-0.05, 0) is 57.1 Å². The number of benzene rings is 1. The van der Waals surface area contributed by atoms with Crippen LogP contribution in [0.25, 0.3) is 11.0 Å². The zero-order chi connectivity index (χ0) is 13.9. The summed E-state index contributed by atoms with van der Waals surface area (Å²) >= 11 is 0. The Morgan fingerprint density at radius 3 is 2.84 bits per heavy atom. The van der Waals surface area contributed by atoms with Gasteiger partial charge in [0.2, 0.25) is 0 Å². The van der Waals surface area contributed by atoms with E-state index in [0.29, 0.717) is 29.7 Å². The molecule has 1 atom stereocenters. The lowest BCUT2D eigenvalue weighted by Gasteiger charge is -2.20. The van der Waals surface area contributed by atoms with E-state index in [0.717, 1.165) is 13.0 Å². The highest BCUT2D eigenvalue weighted by Crippen LogP contribution is 2.30. The first-order valence-electron chi connectivity index (χ1n) is 6.65. The average molecular weight is 265 g/mol. The summed E-state index contributed by atoms with van der Waals surface area (Å²) in [6, 6.07) is 6.05. The highest BCUT2D eigenvalue weighted by Gasteiger charge is 2.26. The SMILES string of the molecule is CCCNCCC(C)(O)c1cc2cc(F)ccc2o1. The van der Waals surface area contributed by atoms with Gasteiger partial charge in [-0.25, -0.2) is 4.39 Å². The number of nitrogens with one attached hydrogen (secondary N) is 1. The van der Waals surface area contributed by atoms with Crippen LogP contribution in [-0.2, 0) is 5.60 Å². The Balaban J connectivity index is 2.13. The number of furan rings is 1. The second-order valence-corrected chi connectivity index (χ2v) is 5.07. The highest BCUT2D eigenvalue weighted by molar-refractivity contribution is 5.78. The first-order chi connectivity index (χ1) is 9.03. The normalized spacial score (nSPS) is 14.7. The molecular formula is C15H20FNO2. The molecule has 0 aliphatic rings. The number of fused-ring (bicyclic) bond motifs is 1. The molecule has 1 aromatic carbocycles. The van der Waals surface area contributed by atoms with Crippen LogP contribution in [0.5, 0.6) is 0 Å². The van der Waals surface area contributed by atoms with Gasteiger partial charge in [0.1, 0.15) is 22.8 Å². The quantitative estimate of drug-likeness (QED) is 0.789. The fourth-order valence-electron chi connectivity index (χ4n) is 2.04. The predicted molar refractivity (Wildman–Crippen MR) is 73.5 cm³/mol. The summed E-state index contributed by atoms with van der Waals surface area (Å²) in [7, 11) is 0. The van der Waals surface area contributed by atoms with E-state index in [9.17, 15) is 9.50 Å². The molecule has 2 aromatic rings. The van der Waals surface area contributed by atoms with Crippen molar-refractivity contribution in [2.24, 2.45) is 0 Å². The minimum atomic E-state index is -1.05. The Hall–Kier alpha value is -1.39. The van der Waals surface area contributed by atoms with Crippen LogP contribution in [0, 0.1) is 5.82 Å². The van der Waals surface area contributed by atoms with Gasteiger partial charge < -0.3 is 14.8 Å². The predicted octanol–water partition coefficient (Wildman–Crippen LogP) is 3.17. The van der Waals surface area contributed by atoms with E-state index < -0.39 is 5.60 Å². The number of hydrogen-bond acceptors (Lipinski definition) is 3. The summed E-state index contributed by atoms with van der Waals surface area (Å²) < 4.78 is 18.7. The number of rotatable bonds is 6. The summed E-state index contributed by atoms with van der Waals surface area (Å²) in [6.07, 6.45) is 1.61.